The lowest BCUT2D eigenvalue weighted by atomic mass is 10.0. The number of hydrogen-bond donors (Lipinski definition) is 0. The smallest absolute Gasteiger partial charge is 0.119 e. The van der Waals surface area contributed by atoms with E-state index in [1.54, 1.807) is 0 Å². The Hall–Kier alpha value is -1.96. The summed E-state index contributed by atoms with van der Waals surface area (Å²) in [5.74, 6) is 3.11. The largest absolute Gasteiger partial charge is 0.493 e. The van der Waals surface area contributed by atoms with Crippen molar-refractivity contribution in [1.82, 2.24) is 0 Å². The van der Waals surface area contributed by atoms with Gasteiger partial charge in [0.05, 0.1) is 13.2 Å². The zero-order valence-corrected chi connectivity index (χ0v) is 16.1. The van der Waals surface area contributed by atoms with Gasteiger partial charge in [0.2, 0.25) is 0 Å². The highest BCUT2D eigenvalue weighted by Crippen LogP contribution is 2.19. The Morgan fingerprint density at radius 3 is 1.32 bits per heavy atom. The fourth-order valence-corrected chi connectivity index (χ4v) is 2.36. The Morgan fingerprint density at radius 2 is 1.00 bits per heavy atom. The van der Waals surface area contributed by atoms with Crippen molar-refractivity contribution < 1.29 is 9.47 Å². The highest BCUT2D eigenvalue weighted by Gasteiger charge is 2.03. The summed E-state index contributed by atoms with van der Waals surface area (Å²) in [6, 6.07) is 16.9. The van der Waals surface area contributed by atoms with Crippen molar-refractivity contribution in [3.05, 3.63) is 59.7 Å². The molecule has 136 valence electrons. The first-order chi connectivity index (χ1) is 12.1. The third kappa shape index (κ3) is 6.81. The van der Waals surface area contributed by atoms with Gasteiger partial charge in [-0.3, -0.25) is 0 Å². The molecule has 0 fully saturated rings. The fraction of sp³-hybridized carbons (Fsp3) is 0.478. The summed E-state index contributed by atoms with van der Waals surface area (Å²) in [5.41, 5.74) is 2.59. The Balaban J connectivity index is 1.85. The van der Waals surface area contributed by atoms with E-state index in [0.717, 1.165) is 44.0 Å². The van der Waals surface area contributed by atoms with Gasteiger partial charge in [0, 0.05) is 0 Å². The number of ether oxygens (including phenoxy) is 2. The molecular formula is C23H32O2. The van der Waals surface area contributed by atoms with E-state index in [4.69, 9.17) is 9.47 Å². The molecule has 0 radical (unpaired) electrons. The summed E-state index contributed by atoms with van der Waals surface area (Å²) < 4.78 is 11.6. The fourth-order valence-electron chi connectivity index (χ4n) is 2.36. The van der Waals surface area contributed by atoms with Crippen LogP contribution < -0.4 is 9.47 Å². The maximum absolute atomic E-state index is 5.82. The van der Waals surface area contributed by atoms with Crippen LogP contribution in [0, 0.1) is 11.8 Å². The molecule has 0 heterocycles. The van der Waals surface area contributed by atoms with Gasteiger partial charge in [-0.2, -0.15) is 0 Å². The molecule has 2 heteroatoms. The summed E-state index contributed by atoms with van der Waals surface area (Å²) in [7, 11) is 0. The predicted molar refractivity (Wildman–Crippen MR) is 106 cm³/mol. The topological polar surface area (TPSA) is 18.5 Å². The minimum Gasteiger partial charge on any atom is -0.493 e. The van der Waals surface area contributed by atoms with Crippen LogP contribution in [0.3, 0.4) is 0 Å². The van der Waals surface area contributed by atoms with Crippen molar-refractivity contribution in [3.63, 3.8) is 0 Å². The predicted octanol–water partition coefficient (Wildman–Crippen LogP) is 6.13. The maximum atomic E-state index is 5.82. The first kappa shape index (κ1) is 19.4. The zero-order valence-electron chi connectivity index (χ0n) is 16.1. The highest BCUT2D eigenvalue weighted by atomic mass is 16.5. The second kappa shape index (κ2) is 10.1. The molecule has 0 aliphatic rings. The molecule has 0 saturated carbocycles. The summed E-state index contributed by atoms with van der Waals surface area (Å²) in [4.78, 5) is 0. The lowest BCUT2D eigenvalue weighted by Gasteiger charge is -2.12. The van der Waals surface area contributed by atoms with Crippen LogP contribution in [0.4, 0.5) is 0 Å². The van der Waals surface area contributed by atoms with Crippen molar-refractivity contribution in [2.24, 2.45) is 11.8 Å². The molecule has 2 aromatic carbocycles. The molecule has 2 rings (SSSR count). The van der Waals surface area contributed by atoms with E-state index >= 15 is 0 Å². The Kier molecular flexibility index (Phi) is 7.84. The number of rotatable bonds is 10. The van der Waals surface area contributed by atoms with Crippen molar-refractivity contribution in [3.8, 4) is 11.5 Å². The van der Waals surface area contributed by atoms with Crippen LogP contribution in [-0.4, -0.2) is 13.2 Å². The molecule has 2 aromatic rings. The summed E-state index contributed by atoms with van der Waals surface area (Å²) >= 11 is 0. The monoisotopic (exact) mass is 340 g/mol. The van der Waals surface area contributed by atoms with E-state index in [1.807, 2.05) is 0 Å². The molecule has 0 amide bonds. The standard InChI is InChI=1S/C23H32O2/c1-5-18(3)16-24-22-11-7-20(8-12-22)15-21-9-13-23(14-10-21)25-17-19(4)6-2/h7-14,18-19H,5-6,15-17H2,1-4H3/t18-,19-/m1/s1. The van der Waals surface area contributed by atoms with E-state index in [0.29, 0.717) is 11.8 Å². The van der Waals surface area contributed by atoms with Gasteiger partial charge in [0.25, 0.3) is 0 Å². The van der Waals surface area contributed by atoms with Crippen LogP contribution in [0.5, 0.6) is 11.5 Å². The molecule has 25 heavy (non-hydrogen) atoms. The Bertz CT molecular complexity index is 545. The number of hydrogen-bond acceptors (Lipinski definition) is 2. The molecule has 0 unspecified atom stereocenters. The first-order valence-corrected chi connectivity index (χ1v) is 9.54. The van der Waals surface area contributed by atoms with Crippen molar-refractivity contribution in [2.45, 2.75) is 47.0 Å². The van der Waals surface area contributed by atoms with Crippen LogP contribution in [0.2, 0.25) is 0 Å². The summed E-state index contributed by atoms with van der Waals surface area (Å²) in [6.45, 7) is 10.4. The molecule has 0 bridgehead atoms. The molecule has 0 aromatic heterocycles. The van der Waals surface area contributed by atoms with Gasteiger partial charge in [-0.1, -0.05) is 64.8 Å². The van der Waals surface area contributed by atoms with Gasteiger partial charge in [0.15, 0.2) is 0 Å². The normalized spacial score (nSPS) is 13.3. The molecule has 0 aliphatic carbocycles. The average molecular weight is 341 g/mol. The Morgan fingerprint density at radius 1 is 0.640 bits per heavy atom. The summed E-state index contributed by atoms with van der Waals surface area (Å²) in [5, 5.41) is 0. The maximum Gasteiger partial charge on any atom is 0.119 e. The average Bonchev–Trinajstić information content (AvgIpc) is 2.66. The first-order valence-electron chi connectivity index (χ1n) is 9.54. The molecule has 0 N–H and O–H groups in total. The van der Waals surface area contributed by atoms with Gasteiger partial charge in [-0.25, -0.2) is 0 Å². The zero-order chi connectivity index (χ0) is 18.1. The lowest BCUT2D eigenvalue weighted by Crippen LogP contribution is -2.07. The second-order valence-electron chi connectivity index (χ2n) is 7.11. The van der Waals surface area contributed by atoms with Gasteiger partial charge >= 0.3 is 0 Å². The van der Waals surface area contributed by atoms with E-state index in [1.165, 1.54) is 11.1 Å². The Labute approximate surface area is 153 Å². The van der Waals surface area contributed by atoms with Crippen molar-refractivity contribution in [2.75, 3.05) is 13.2 Å². The van der Waals surface area contributed by atoms with Crippen LogP contribution in [0.1, 0.15) is 51.7 Å². The molecule has 0 aliphatic heterocycles. The van der Waals surface area contributed by atoms with Gasteiger partial charge in [-0.05, 0) is 53.6 Å². The quantitative estimate of drug-likeness (QED) is 0.518. The molecular weight excluding hydrogens is 308 g/mol. The molecule has 0 spiro atoms. The van der Waals surface area contributed by atoms with E-state index in [-0.39, 0.29) is 0 Å². The SMILES string of the molecule is CC[C@@H](C)COc1ccc(Cc2ccc(OC[C@H](C)CC)cc2)cc1. The van der Waals surface area contributed by atoms with Gasteiger partial charge in [0.1, 0.15) is 11.5 Å². The minimum absolute atomic E-state index is 0.598. The van der Waals surface area contributed by atoms with Crippen molar-refractivity contribution in [1.29, 1.82) is 0 Å². The van der Waals surface area contributed by atoms with E-state index < -0.39 is 0 Å². The third-order valence-electron chi connectivity index (χ3n) is 4.72. The molecule has 0 saturated heterocycles. The third-order valence-corrected chi connectivity index (χ3v) is 4.72. The van der Waals surface area contributed by atoms with E-state index in [9.17, 15) is 0 Å². The van der Waals surface area contributed by atoms with Crippen LogP contribution >= 0.6 is 0 Å². The lowest BCUT2D eigenvalue weighted by molar-refractivity contribution is 0.256. The van der Waals surface area contributed by atoms with Crippen LogP contribution in [0.15, 0.2) is 48.5 Å². The van der Waals surface area contributed by atoms with Gasteiger partial charge in [-0.15, -0.1) is 0 Å². The number of benzene rings is 2. The molecule has 2 atom stereocenters. The molecule has 2 nitrogen and oxygen atoms in total. The highest BCUT2D eigenvalue weighted by molar-refractivity contribution is 5.34. The minimum atomic E-state index is 0.598. The van der Waals surface area contributed by atoms with Gasteiger partial charge < -0.3 is 9.47 Å². The van der Waals surface area contributed by atoms with Crippen molar-refractivity contribution >= 4 is 0 Å². The van der Waals surface area contributed by atoms with E-state index in [2.05, 4.69) is 76.2 Å². The summed E-state index contributed by atoms with van der Waals surface area (Å²) in [6.07, 6.45) is 3.22. The second-order valence-corrected chi connectivity index (χ2v) is 7.11. The van der Waals surface area contributed by atoms with Crippen LogP contribution in [-0.2, 0) is 6.42 Å². The van der Waals surface area contributed by atoms with Crippen LogP contribution in [0.25, 0.3) is 0 Å².